The summed E-state index contributed by atoms with van der Waals surface area (Å²) in [6.07, 6.45) is 2.03. The molecule has 0 fully saturated rings. The van der Waals surface area contributed by atoms with Crippen LogP contribution in [0, 0.1) is 0 Å². The SMILES string of the molecule is O=C(O)CCCOc1cccc(S(=O)(=O)CCn2cc(C(c3ccccc3)c3ccccc3)ccc2=O)c1. The van der Waals surface area contributed by atoms with Crippen LogP contribution < -0.4 is 10.3 Å². The number of ether oxygens (including phenoxy) is 1. The molecule has 0 saturated carbocycles. The molecule has 0 aliphatic carbocycles. The number of rotatable bonds is 12. The third-order valence-electron chi connectivity index (χ3n) is 6.17. The van der Waals surface area contributed by atoms with Gasteiger partial charge in [0, 0.05) is 31.1 Å². The molecule has 0 unspecified atom stereocenters. The van der Waals surface area contributed by atoms with Crippen molar-refractivity contribution in [2.75, 3.05) is 12.4 Å². The van der Waals surface area contributed by atoms with E-state index in [-0.39, 0.29) is 41.7 Å². The third-order valence-corrected chi connectivity index (χ3v) is 7.87. The van der Waals surface area contributed by atoms with E-state index in [0.717, 1.165) is 16.7 Å². The Labute approximate surface area is 221 Å². The first kappa shape index (κ1) is 26.9. The van der Waals surface area contributed by atoms with Crippen LogP contribution in [0.25, 0.3) is 0 Å². The third kappa shape index (κ3) is 6.98. The highest BCUT2D eigenvalue weighted by Gasteiger charge is 2.19. The Balaban J connectivity index is 1.54. The van der Waals surface area contributed by atoms with Gasteiger partial charge in [0.2, 0.25) is 0 Å². The number of carboxylic acid groups (broad SMARTS) is 1. The van der Waals surface area contributed by atoms with Gasteiger partial charge in [-0.25, -0.2) is 8.42 Å². The number of nitrogens with zero attached hydrogens (tertiary/aromatic N) is 1. The molecule has 0 amide bonds. The lowest BCUT2D eigenvalue weighted by molar-refractivity contribution is -0.137. The lowest BCUT2D eigenvalue weighted by Crippen LogP contribution is -2.24. The molecule has 4 rings (SSSR count). The van der Waals surface area contributed by atoms with Crippen molar-refractivity contribution < 1.29 is 23.1 Å². The minimum absolute atomic E-state index is 0.00496. The predicted octanol–water partition coefficient (Wildman–Crippen LogP) is 4.75. The normalized spacial score (nSPS) is 11.4. The quantitative estimate of drug-likeness (QED) is 0.265. The van der Waals surface area contributed by atoms with Gasteiger partial charge in [0.1, 0.15) is 5.75 Å². The van der Waals surface area contributed by atoms with Gasteiger partial charge in [-0.1, -0.05) is 72.8 Å². The number of aryl methyl sites for hydroxylation is 1. The summed E-state index contributed by atoms with van der Waals surface area (Å²) in [5.41, 5.74) is 2.74. The monoisotopic (exact) mass is 531 g/mol. The number of hydrogen-bond donors (Lipinski definition) is 1. The van der Waals surface area contributed by atoms with E-state index < -0.39 is 15.8 Å². The summed E-state index contributed by atoms with van der Waals surface area (Å²) in [6, 6.07) is 29.3. The first-order chi connectivity index (χ1) is 18.3. The average molecular weight is 532 g/mol. The molecule has 1 N–H and O–H groups in total. The van der Waals surface area contributed by atoms with Crippen LogP contribution in [-0.2, 0) is 21.2 Å². The first-order valence-electron chi connectivity index (χ1n) is 12.3. The van der Waals surface area contributed by atoms with Gasteiger partial charge in [-0.3, -0.25) is 9.59 Å². The van der Waals surface area contributed by atoms with E-state index in [4.69, 9.17) is 9.84 Å². The summed E-state index contributed by atoms with van der Waals surface area (Å²) in [5.74, 6) is -0.941. The van der Waals surface area contributed by atoms with Gasteiger partial charge in [-0.15, -0.1) is 0 Å². The second-order valence-corrected chi connectivity index (χ2v) is 11.0. The Hall–Kier alpha value is -4.17. The van der Waals surface area contributed by atoms with Crippen LogP contribution in [0.1, 0.15) is 35.4 Å². The Morgan fingerprint density at radius 1 is 0.842 bits per heavy atom. The Bertz CT molecular complexity index is 1490. The lowest BCUT2D eigenvalue weighted by Gasteiger charge is -2.20. The zero-order valence-corrected chi connectivity index (χ0v) is 21.6. The van der Waals surface area contributed by atoms with E-state index in [2.05, 4.69) is 0 Å². The van der Waals surface area contributed by atoms with Crippen molar-refractivity contribution in [1.29, 1.82) is 0 Å². The van der Waals surface area contributed by atoms with Gasteiger partial charge in [0.15, 0.2) is 9.84 Å². The number of sulfone groups is 1. The van der Waals surface area contributed by atoms with Crippen molar-refractivity contribution in [1.82, 2.24) is 4.57 Å². The zero-order chi connectivity index (χ0) is 27.0. The topological polar surface area (TPSA) is 103 Å². The van der Waals surface area contributed by atoms with E-state index in [1.54, 1.807) is 24.4 Å². The van der Waals surface area contributed by atoms with E-state index in [9.17, 15) is 18.0 Å². The largest absolute Gasteiger partial charge is 0.494 e. The molecule has 4 aromatic rings. The fourth-order valence-electron chi connectivity index (χ4n) is 4.27. The highest BCUT2D eigenvalue weighted by Crippen LogP contribution is 2.31. The van der Waals surface area contributed by atoms with Gasteiger partial charge in [0.25, 0.3) is 5.56 Å². The molecular formula is C30H29NO6S. The Morgan fingerprint density at radius 3 is 2.13 bits per heavy atom. The standard InChI is InChI=1S/C30H29NO6S/c32-28-17-16-25(30(23-9-3-1-4-10-23)24-11-5-2-6-12-24)22-31(28)18-20-38(35,36)27-14-7-13-26(21-27)37-19-8-15-29(33)34/h1-7,9-14,16-17,21-22,30H,8,15,18-20H2,(H,33,34). The van der Waals surface area contributed by atoms with E-state index in [1.165, 1.54) is 22.8 Å². The molecule has 0 saturated heterocycles. The number of carboxylic acids is 1. The molecule has 0 radical (unpaired) electrons. The molecular weight excluding hydrogens is 502 g/mol. The van der Waals surface area contributed by atoms with Gasteiger partial charge >= 0.3 is 5.97 Å². The van der Waals surface area contributed by atoms with Crippen molar-refractivity contribution in [2.45, 2.75) is 30.2 Å². The van der Waals surface area contributed by atoms with Gasteiger partial charge in [-0.05, 0) is 41.3 Å². The van der Waals surface area contributed by atoms with Gasteiger partial charge in [0.05, 0.1) is 17.3 Å². The maximum atomic E-state index is 13.1. The number of aliphatic carboxylic acids is 1. The summed E-state index contributed by atoms with van der Waals surface area (Å²) in [7, 11) is -3.71. The molecule has 38 heavy (non-hydrogen) atoms. The number of hydrogen-bond acceptors (Lipinski definition) is 5. The fraction of sp³-hybridized carbons (Fsp3) is 0.200. The van der Waals surface area contributed by atoms with E-state index >= 15 is 0 Å². The van der Waals surface area contributed by atoms with Crippen LogP contribution in [-0.4, -0.2) is 36.4 Å². The van der Waals surface area contributed by atoms with Crippen LogP contribution in [0.4, 0.5) is 0 Å². The van der Waals surface area contributed by atoms with Crippen molar-refractivity contribution in [3.05, 3.63) is 130 Å². The smallest absolute Gasteiger partial charge is 0.303 e. The maximum Gasteiger partial charge on any atom is 0.303 e. The highest BCUT2D eigenvalue weighted by molar-refractivity contribution is 7.91. The second-order valence-electron chi connectivity index (χ2n) is 8.89. The molecule has 0 spiro atoms. The number of aromatic nitrogens is 1. The molecule has 0 bridgehead atoms. The zero-order valence-electron chi connectivity index (χ0n) is 20.8. The number of carbonyl (C=O) groups is 1. The Kier molecular flexibility index (Phi) is 8.76. The molecule has 3 aromatic carbocycles. The molecule has 0 atom stereocenters. The van der Waals surface area contributed by atoms with Crippen LogP contribution in [0.15, 0.2) is 113 Å². The van der Waals surface area contributed by atoms with Gasteiger partial charge in [-0.2, -0.15) is 0 Å². The Morgan fingerprint density at radius 2 is 1.50 bits per heavy atom. The number of pyridine rings is 1. The van der Waals surface area contributed by atoms with Crippen molar-refractivity contribution in [2.24, 2.45) is 0 Å². The van der Waals surface area contributed by atoms with Crippen molar-refractivity contribution in [3.63, 3.8) is 0 Å². The minimum Gasteiger partial charge on any atom is -0.494 e. The van der Waals surface area contributed by atoms with Crippen molar-refractivity contribution in [3.8, 4) is 5.75 Å². The lowest BCUT2D eigenvalue weighted by atomic mass is 9.86. The predicted molar refractivity (Wildman–Crippen MR) is 145 cm³/mol. The van der Waals surface area contributed by atoms with Crippen LogP contribution in [0.5, 0.6) is 5.75 Å². The van der Waals surface area contributed by atoms with Crippen LogP contribution in [0.2, 0.25) is 0 Å². The summed E-state index contributed by atoms with van der Waals surface area (Å²) >= 11 is 0. The van der Waals surface area contributed by atoms with E-state index in [1.807, 2.05) is 60.7 Å². The van der Waals surface area contributed by atoms with Crippen molar-refractivity contribution >= 4 is 15.8 Å². The van der Waals surface area contributed by atoms with Gasteiger partial charge < -0.3 is 14.4 Å². The molecule has 1 heterocycles. The molecule has 196 valence electrons. The van der Waals surface area contributed by atoms with Crippen LogP contribution in [0.3, 0.4) is 0 Å². The number of benzene rings is 3. The second kappa shape index (κ2) is 12.4. The molecule has 0 aliphatic heterocycles. The minimum atomic E-state index is -3.71. The molecule has 1 aromatic heterocycles. The molecule has 0 aliphatic rings. The fourth-order valence-corrected chi connectivity index (χ4v) is 5.53. The van der Waals surface area contributed by atoms with Crippen LogP contribution >= 0.6 is 0 Å². The molecule has 8 heteroatoms. The average Bonchev–Trinajstić information content (AvgIpc) is 2.93. The maximum absolute atomic E-state index is 13.1. The summed E-state index contributed by atoms with van der Waals surface area (Å²) in [4.78, 5) is 23.4. The highest BCUT2D eigenvalue weighted by atomic mass is 32.2. The summed E-state index contributed by atoms with van der Waals surface area (Å²) < 4.78 is 33.2. The summed E-state index contributed by atoms with van der Waals surface area (Å²) in [5, 5.41) is 8.74. The first-order valence-corrected chi connectivity index (χ1v) is 14.0. The van der Waals surface area contributed by atoms with E-state index in [0.29, 0.717) is 12.2 Å². The molecule has 7 nitrogen and oxygen atoms in total. The summed E-state index contributed by atoms with van der Waals surface area (Å²) in [6.45, 7) is 0.164.